The Balaban J connectivity index is 2.22. The number of nitrogens with one attached hydrogen (secondary N) is 1. The summed E-state index contributed by atoms with van der Waals surface area (Å²) in [5, 5.41) is 11.9. The van der Waals surface area contributed by atoms with E-state index in [1.165, 1.54) is 24.4 Å². The molecule has 0 aliphatic heterocycles. The molecule has 0 aliphatic rings. The maximum Gasteiger partial charge on any atom is 0.259 e. The van der Waals surface area contributed by atoms with Gasteiger partial charge in [0.2, 0.25) is 0 Å². The summed E-state index contributed by atoms with van der Waals surface area (Å²) in [7, 11) is 0. The van der Waals surface area contributed by atoms with Gasteiger partial charge in [-0.05, 0) is 23.8 Å². The van der Waals surface area contributed by atoms with Crippen molar-refractivity contribution < 1.29 is 14.3 Å². The molecule has 2 aromatic rings. The lowest BCUT2D eigenvalue weighted by Crippen LogP contribution is -2.13. The second kappa shape index (κ2) is 5.45. The standard InChI is InChI=1S/C13H12FN3O2/c14-10-5-8(6-15)1-2-11(10)17-13(19)9-3-4-16-7-12(9)18/h1-5,7,18H,6,15H2,(H,17,19). The Hall–Kier alpha value is -2.47. The maximum absolute atomic E-state index is 13.7. The highest BCUT2D eigenvalue weighted by atomic mass is 19.1. The first-order valence-corrected chi connectivity index (χ1v) is 5.54. The number of hydrogen-bond donors (Lipinski definition) is 3. The number of nitrogens with zero attached hydrogens (tertiary/aromatic N) is 1. The summed E-state index contributed by atoms with van der Waals surface area (Å²) in [6, 6.07) is 5.64. The number of aromatic hydroxyl groups is 1. The van der Waals surface area contributed by atoms with Crippen molar-refractivity contribution in [3.05, 3.63) is 53.6 Å². The minimum Gasteiger partial charge on any atom is -0.505 e. The van der Waals surface area contributed by atoms with Crippen molar-refractivity contribution in [1.82, 2.24) is 4.98 Å². The van der Waals surface area contributed by atoms with Gasteiger partial charge in [0.15, 0.2) is 0 Å². The van der Waals surface area contributed by atoms with E-state index in [1.54, 1.807) is 6.07 Å². The van der Waals surface area contributed by atoms with E-state index < -0.39 is 11.7 Å². The Kier molecular flexibility index (Phi) is 3.72. The van der Waals surface area contributed by atoms with Crippen LogP contribution in [-0.2, 0) is 6.54 Å². The van der Waals surface area contributed by atoms with Crippen molar-refractivity contribution in [2.75, 3.05) is 5.32 Å². The molecule has 0 atom stereocenters. The molecule has 2 rings (SSSR count). The van der Waals surface area contributed by atoms with Gasteiger partial charge in [-0.15, -0.1) is 0 Å². The Labute approximate surface area is 108 Å². The van der Waals surface area contributed by atoms with Gasteiger partial charge in [0.1, 0.15) is 11.6 Å². The second-order valence-electron chi connectivity index (χ2n) is 3.87. The Morgan fingerprint density at radius 1 is 1.42 bits per heavy atom. The topological polar surface area (TPSA) is 88.2 Å². The van der Waals surface area contributed by atoms with Gasteiger partial charge in [0.05, 0.1) is 17.4 Å². The highest BCUT2D eigenvalue weighted by Gasteiger charge is 2.13. The molecule has 1 aromatic carbocycles. The smallest absolute Gasteiger partial charge is 0.259 e. The number of rotatable bonds is 3. The summed E-state index contributed by atoms with van der Waals surface area (Å²) in [5.41, 5.74) is 6.07. The van der Waals surface area contributed by atoms with Crippen LogP contribution in [0.25, 0.3) is 0 Å². The summed E-state index contributed by atoms with van der Waals surface area (Å²) >= 11 is 0. The largest absolute Gasteiger partial charge is 0.505 e. The number of benzene rings is 1. The Morgan fingerprint density at radius 3 is 2.84 bits per heavy atom. The van der Waals surface area contributed by atoms with Crippen LogP contribution in [0.2, 0.25) is 0 Å². The average Bonchev–Trinajstić information content (AvgIpc) is 2.41. The zero-order valence-corrected chi connectivity index (χ0v) is 9.93. The van der Waals surface area contributed by atoms with Crippen LogP contribution in [0.1, 0.15) is 15.9 Å². The zero-order valence-electron chi connectivity index (χ0n) is 9.93. The molecular formula is C13H12FN3O2. The van der Waals surface area contributed by atoms with Crippen molar-refractivity contribution in [3.8, 4) is 5.75 Å². The van der Waals surface area contributed by atoms with E-state index in [9.17, 15) is 14.3 Å². The molecule has 1 aromatic heterocycles. The zero-order chi connectivity index (χ0) is 13.8. The molecule has 6 heteroatoms. The molecule has 0 radical (unpaired) electrons. The quantitative estimate of drug-likeness (QED) is 0.783. The van der Waals surface area contributed by atoms with E-state index in [1.807, 2.05) is 0 Å². The van der Waals surface area contributed by atoms with Crippen LogP contribution in [0.3, 0.4) is 0 Å². The molecule has 0 bridgehead atoms. The van der Waals surface area contributed by atoms with Crippen LogP contribution in [0.5, 0.6) is 5.75 Å². The van der Waals surface area contributed by atoms with Gasteiger partial charge in [-0.25, -0.2) is 4.39 Å². The third-order valence-corrected chi connectivity index (χ3v) is 2.56. The van der Waals surface area contributed by atoms with Crippen molar-refractivity contribution in [1.29, 1.82) is 0 Å². The molecule has 0 fully saturated rings. The molecule has 4 N–H and O–H groups in total. The van der Waals surface area contributed by atoms with Crippen molar-refractivity contribution in [2.24, 2.45) is 5.73 Å². The first-order valence-electron chi connectivity index (χ1n) is 5.54. The fourth-order valence-corrected chi connectivity index (χ4v) is 1.55. The van der Waals surface area contributed by atoms with Gasteiger partial charge in [0.25, 0.3) is 5.91 Å². The maximum atomic E-state index is 13.7. The predicted molar refractivity (Wildman–Crippen MR) is 68.1 cm³/mol. The fourth-order valence-electron chi connectivity index (χ4n) is 1.55. The second-order valence-corrected chi connectivity index (χ2v) is 3.87. The van der Waals surface area contributed by atoms with Crippen molar-refractivity contribution in [2.45, 2.75) is 6.54 Å². The lowest BCUT2D eigenvalue weighted by atomic mass is 10.2. The normalized spacial score (nSPS) is 10.2. The van der Waals surface area contributed by atoms with Gasteiger partial charge in [-0.3, -0.25) is 9.78 Å². The molecule has 5 nitrogen and oxygen atoms in total. The van der Waals surface area contributed by atoms with Crippen molar-refractivity contribution in [3.63, 3.8) is 0 Å². The number of hydrogen-bond acceptors (Lipinski definition) is 4. The van der Waals surface area contributed by atoms with Gasteiger partial charge >= 0.3 is 0 Å². The number of nitrogens with two attached hydrogens (primary N) is 1. The Bertz CT molecular complexity index is 617. The van der Waals surface area contributed by atoms with Crippen LogP contribution >= 0.6 is 0 Å². The van der Waals surface area contributed by atoms with E-state index in [2.05, 4.69) is 10.3 Å². The number of amides is 1. The lowest BCUT2D eigenvalue weighted by Gasteiger charge is -2.08. The van der Waals surface area contributed by atoms with Gasteiger partial charge < -0.3 is 16.2 Å². The van der Waals surface area contributed by atoms with Crippen molar-refractivity contribution >= 4 is 11.6 Å². The van der Waals surface area contributed by atoms with E-state index in [-0.39, 0.29) is 23.5 Å². The monoisotopic (exact) mass is 261 g/mol. The number of aromatic nitrogens is 1. The summed E-state index contributed by atoms with van der Waals surface area (Å²) < 4.78 is 13.7. The number of halogens is 1. The van der Waals surface area contributed by atoms with Crippen LogP contribution in [-0.4, -0.2) is 16.0 Å². The molecule has 0 aliphatic carbocycles. The minimum absolute atomic E-state index is 0.0253. The molecule has 0 saturated carbocycles. The molecule has 0 spiro atoms. The number of anilines is 1. The van der Waals surface area contributed by atoms with Crippen LogP contribution in [0, 0.1) is 5.82 Å². The van der Waals surface area contributed by atoms with E-state index in [0.717, 1.165) is 6.20 Å². The highest BCUT2D eigenvalue weighted by Crippen LogP contribution is 2.19. The summed E-state index contributed by atoms with van der Waals surface area (Å²) in [4.78, 5) is 15.5. The fraction of sp³-hybridized carbons (Fsp3) is 0.0769. The van der Waals surface area contributed by atoms with Gasteiger partial charge in [-0.2, -0.15) is 0 Å². The van der Waals surface area contributed by atoms with Gasteiger partial charge in [-0.1, -0.05) is 6.07 Å². The number of carbonyl (C=O) groups excluding carboxylic acids is 1. The Morgan fingerprint density at radius 2 is 2.21 bits per heavy atom. The van der Waals surface area contributed by atoms with E-state index in [0.29, 0.717) is 5.56 Å². The van der Waals surface area contributed by atoms with E-state index >= 15 is 0 Å². The van der Waals surface area contributed by atoms with Crippen LogP contribution < -0.4 is 11.1 Å². The molecule has 19 heavy (non-hydrogen) atoms. The first-order chi connectivity index (χ1) is 9.11. The molecule has 1 heterocycles. The number of pyridine rings is 1. The molecule has 98 valence electrons. The van der Waals surface area contributed by atoms with Gasteiger partial charge in [0, 0.05) is 12.7 Å². The van der Waals surface area contributed by atoms with Crippen LogP contribution in [0.4, 0.5) is 10.1 Å². The predicted octanol–water partition coefficient (Wildman–Crippen LogP) is 1.64. The van der Waals surface area contributed by atoms with Crippen LogP contribution in [0.15, 0.2) is 36.7 Å². The summed E-state index contributed by atoms with van der Waals surface area (Å²) in [5.74, 6) is -1.46. The molecule has 0 unspecified atom stereocenters. The third kappa shape index (κ3) is 2.86. The summed E-state index contributed by atoms with van der Waals surface area (Å²) in [6.45, 7) is 0.219. The SMILES string of the molecule is NCc1ccc(NC(=O)c2ccncc2O)c(F)c1. The molecule has 1 amide bonds. The average molecular weight is 261 g/mol. The highest BCUT2D eigenvalue weighted by molar-refractivity contribution is 6.06. The lowest BCUT2D eigenvalue weighted by molar-refractivity contribution is 0.102. The number of carbonyl (C=O) groups is 1. The summed E-state index contributed by atoms with van der Waals surface area (Å²) in [6.07, 6.45) is 2.51. The third-order valence-electron chi connectivity index (χ3n) is 2.56. The molecular weight excluding hydrogens is 249 g/mol. The first kappa shape index (κ1) is 13.0. The van der Waals surface area contributed by atoms with E-state index in [4.69, 9.17) is 5.73 Å². The molecule has 0 saturated heterocycles. The minimum atomic E-state index is -0.612.